The van der Waals surface area contributed by atoms with Crippen molar-refractivity contribution in [3.63, 3.8) is 0 Å². The van der Waals surface area contributed by atoms with Gasteiger partial charge in [0.15, 0.2) is 0 Å². The minimum atomic E-state index is -0.198. The van der Waals surface area contributed by atoms with Crippen LogP contribution in [0.3, 0.4) is 0 Å². The monoisotopic (exact) mass is 465 g/mol. The number of carbonyl (C=O) groups excluding carboxylic acids is 2. The van der Waals surface area contributed by atoms with Crippen molar-refractivity contribution in [3.05, 3.63) is 80.5 Å². The summed E-state index contributed by atoms with van der Waals surface area (Å²) in [5.74, 6) is -0.330. The summed E-state index contributed by atoms with van der Waals surface area (Å²) in [5, 5.41) is 5.59. The first-order valence-electron chi connectivity index (χ1n) is 10.4. The molecule has 5 nitrogen and oxygen atoms in total. The molecule has 2 heterocycles. The van der Waals surface area contributed by atoms with Gasteiger partial charge in [0.2, 0.25) is 11.8 Å². The number of carbonyl (C=O) groups is 2. The second-order valence-corrected chi connectivity index (χ2v) is 9.23. The van der Waals surface area contributed by atoms with Crippen molar-refractivity contribution in [3.8, 4) is 0 Å². The highest BCUT2D eigenvalue weighted by molar-refractivity contribution is 7.12. The number of aryl methyl sites for hydroxylation is 2. The molecule has 0 unspecified atom stereocenters. The summed E-state index contributed by atoms with van der Waals surface area (Å²) >= 11 is 7.48. The van der Waals surface area contributed by atoms with Crippen molar-refractivity contribution in [2.45, 2.75) is 26.7 Å². The van der Waals surface area contributed by atoms with E-state index in [4.69, 9.17) is 16.6 Å². The van der Waals surface area contributed by atoms with E-state index in [1.54, 1.807) is 16.2 Å². The third-order valence-corrected chi connectivity index (χ3v) is 6.68. The summed E-state index contributed by atoms with van der Waals surface area (Å²) < 4.78 is 0. The van der Waals surface area contributed by atoms with Gasteiger partial charge in [-0.2, -0.15) is 0 Å². The third kappa shape index (κ3) is 5.09. The summed E-state index contributed by atoms with van der Waals surface area (Å²) in [6, 6.07) is 15.4. The Hall–Kier alpha value is -2.96. The number of amides is 2. The number of halogens is 1. The van der Waals surface area contributed by atoms with E-state index in [1.165, 1.54) is 0 Å². The third-order valence-electron chi connectivity index (χ3n) is 5.51. The minimum Gasteiger partial charge on any atom is -0.354 e. The molecule has 1 aliphatic rings. The molecule has 1 N–H and O–H groups in total. The summed E-state index contributed by atoms with van der Waals surface area (Å²) in [6.45, 7) is 4.47. The number of aliphatic imine (C=N–C) groups is 1. The second-order valence-electron chi connectivity index (χ2n) is 7.84. The zero-order valence-electron chi connectivity index (χ0n) is 18.0. The normalized spacial score (nSPS) is 13.4. The Morgan fingerprint density at radius 1 is 1.16 bits per heavy atom. The van der Waals surface area contributed by atoms with E-state index in [0.29, 0.717) is 23.7 Å². The highest BCUT2D eigenvalue weighted by Gasteiger charge is 2.27. The minimum absolute atomic E-state index is 0.0395. The summed E-state index contributed by atoms with van der Waals surface area (Å²) in [4.78, 5) is 33.3. The van der Waals surface area contributed by atoms with Gasteiger partial charge in [0.1, 0.15) is 6.54 Å². The summed E-state index contributed by atoms with van der Waals surface area (Å²) in [7, 11) is 0. The predicted molar refractivity (Wildman–Crippen MR) is 132 cm³/mol. The Morgan fingerprint density at radius 2 is 1.91 bits per heavy atom. The van der Waals surface area contributed by atoms with Crippen molar-refractivity contribution in [1.82, 2.24) is 5.32 Å². The zero-order valence-corrected chi connectivity index (χ0v) is 19.6. The van der Waals surface area contributed by atoms with Crippen LogP contribution >= 0.6 is 22.9 Å². The Balaban J connectivity index is 1.51. The lowest BCUT2D eigenvalue weighted by molar-refractivity contribution is -0.123. The van der Waals surface area contributed by atoms with Gasteiger partial charge in [-0.05, 0) is 72.7 Å². The van der Waals surface area contributed by atoms with Crippen molar-refractivity contribution in [2.24, 2.45) is 4.99 Å². The van der Waals surface area contributed by atoms with E-state index in [1.807, 2.05) is 67.8 Å². The topological polar surface area (TPSA) is 61.8 Å². The number of rotatable bonds is 6. The van der Waals surface area contributed by atoms with Crippen LogP contribution in [-0.2, 0) is 16.0 Å². The lowest BCUT2D eigenvalue weighted by Crippen LogP contribution is -2.41. The van der Waals surface area contributed by atoms with Crippen LogP contribution in [0.5, 0.6) is 0 Å². The van der Waals surface area contributed by atoms with Crippen LogP contribution in [0.2, 0.25) is 5.02 Å². The van der Waals surface area contributed by atoms with Crippen LogP contribution in [0.25, 0.3) is 0 Å². The van der Waals surface area contributed by atoms with E-state index < -0.39 is 0 Å². The van der Waals surface area contributed by atoms with Gasteiger partial charge in [0, 0.05) is 16.4 Å². The van der Waals surface area contributed by atoms with Gasteiger partial charge in [-0.15, -0.1) is 11.3 Å². The average Bonchev–Trinajstić information content (AvgIpc) is 3.26. The first-order valence-corrected chi connectivity index (χ1v) is 11.7. The fourth-order valence-corrected chi connectivity index (χ4v) is 4.45. The smallest absolute Gasteiger partial charge is 0.240 e. The lowest BCUT2D eigenvalue weighted by atomic mass is 10.1. The number of fused-ring (bicyclic) bond motifs is 1. The van der Waals surface area contributed by atoms with Crippen LogP contribution in [0, 0.1) is 13.8 Å². The van der Waals surface area contributed by atoms with Crippen LogP contribution in [0.4, 0.5) is 11.4 Å². The molecule has 32 heavy (non-hydrogen) atoms. The molecule has 4 rings (SSSR count). The molecule has 0 atom stereocenters. The van der Waals surface area contributed by atoms with Gasteiger partial charge in [-0.1, -0.05) is 29.8 Å². The van der Waals surface area contributed by atoms with E-state index in [9.17, 15) is 9.59 Å². The number of thiophene rings is 1. The molecule has 2 amide bonds. The maximum Gasteiger partial charge on any atom is 0.240 e. The molecule has 2 aromatic carbocycles. The van der Waals surface area contributed by atoms with Gasteiger partial charge in [-0.25, -0.2) is 4.99 Å². The second kappa shape index (κ2) is 9.67. The standard InChI is InChI=1S/C25H24ClN3O2S/c1-16-12-20-22(13-17(16)2)29(25(31)14-21(28-20)23-4-3-11-32-23)15-24(30)27-10-9-18-5-7-19(26)8-6-18/h3-8,11-13H,9-10,14-15H2,1-2H3,(H,27,30). The van der Waals surface area contributed by atoms with Gasteiger partial charge >= 0.3 is 0 Å². The number of hydrogen-bond donors (Lipinski definition) is 1. The molecule has 0 radical (unpaired) electrons. The van der Waals surface area contributed by atoms with Crippen molar-refractivity contribution >= 4 is 51.8 Å². The Bertz CT molecular complexity index is 1170. The van der Waals surface area contributed by atoms with Crippen LogP contribution in [0.1, 0.15) is 28.0 Å². The number of nitrogens with zero attached hydrogens (tertiary/aromatic N) is 2. The molecule has 1 aliphatic heterocycles. The van der Waals surface area contributed by atoms with Crippen molar-refractivity contribution < 1.29 is 9.59 Å². The average molecular weight is 466 g/mol. The maximum absolute atomic E-state index is 13.2. The Labute approximate surface area is 196 Å². The molecule has 0 fully saturated rings. The lowest BCUT2D eigenvalue weighted by Gasteiger charge is -2.23. The van der Waals surface area contributed by atoms with Crippen molar-refractivity contribution in [2.75, 3.05) is 18.0 Å². The first-order chi connectivity index (χ1) is 15.4. The molecule has 0 saturated heterocycles. The SMILES string of the molecule is Cc1cc2c(cc1C)N(CC(=O)NCCc1ccc(Cl)cc1)C(=O)CC(c1cccs1)=N2. The maximum atomic E-state index is 13.2. The number of hydrogen-bond acceptors (Lipinski definition) is 4. The molecule has 3 aromatic rings. The highest BCUT2D eigenvalue weighted by atomic mass is 35.5. The highest BCUT2D eigenvalue weighted by Crippen LogP contribution is 2.36. The van der Waals surface area contributed by atoms with E-state index in [-0.39, 0.29) is 24.8 Å². The number of anilines is 1. The molecule has 0 spiro atoms. The molecule has 164 valence electrons. The molecular weight excluding hydrogens is 442 g/mol. The van der Waals surface area contributed by atoms with E-state index in [0.717, 1.165) is 33.0 Å². The molecule has 1 aromatic heterocycles. The fourth-order valence-electron chi connectivity index (χ4n) is 3.60. The number of benzene rings is 2. The van der Waals surface area contributed by atoms with Crippen LogP contribution in [-0.4, -0.2) is 30.6 Å². The summed E-state index contributed by atoms with van der Waals surface area (Å²) in [5.41, 5.74) is 5.37. The van der Waals surface area contributed by atoms with Crippen LogP contribution < -0.4 is 10.2 Å². The molecule has 0 aliphatic carbocycles. The largest absolute Gasteiger partial charge is 0.354 e. The quantitative estimate of drug-likeness (QED) is 0.541. The van der Waals surface area contributed by atoms with Gasteiger partial charge in [-0.3, -0.25) is 9.59 Å². The molecule has 0 saturated carbocycles. The fraction of sp³-hybridized carbons (Fsp3) is 0.240. The number of nitrogens with one attached hydrogen (secondary N) is 1. The summed E-state index contributed by atoms with van der Waals surface area (Å²) in [6.07, 6.45) is 0.850. The van der Waals surface area contributed by atoms with Crippen molar-refractivity contribution in [1.29, 1.82) is 0 Å². The molecular formula is C25H24ClN3O2S. The van der Waals surface area contributed by atoms with Gasteiger partial charge < -0.3 is 10.2 Å². The van der Waals surface area contributed by atoms with E-state index in [2.05, 4.69) is 5.32 Å². The Morgan fingerprint density at radius 3 is 2.62 bits per heavy atom. The van der Waals surface area contributed by atoms with Crippen LogP contribution in [0.15, 0.2) is 58.9 Å². The zero-order chi connectivity index (χ0) is 22.7. The predicted octanol–water partition coefficient (Wildman–Crippen LogP) is 5.23. The molecule has 0 bridgehead atoms. The first kappa shape index (κ1) is 22.2. The van der Waals surface area contributed by atoms with E-state index >= 15 is 0 Å². The molecule has 7 heteroatoms. The van der Waals surface area contributed by atoms with Gasteiger partial charge in [0.25, 0.3) is 0 Å². The van der Waals surface area contributed by atoms with Gasteiger partial charge in [0.05, 0.1) is 23.5 Å². The Kier molecular flexibility index (Phi) is 6.72.